The minimum atomic E-state index is 0.754. The summed E-state index contributed by atoms with van der Waals surface area (Å²) in [5.41, 5.74) is 8.63. The molecule has 0 saturated carbocycles. The van der Waals surface area contributed by atoms with E-state index in [1.165, 1.54) is 97.6 Å². The fraction of sp³-hybridized carbons (Fsp3) is 0.444. The third-order valence-electron chi connectivity index (χ3n) is 7.29. The lowest BCUT2D eigenvalue weighted by Gasteiger charge is -2.10. The molecule has 0 unspecified atom stereocenters. The highest BCUT2D eigenvalue weighted by Crippen LogP contribution is 2.17. The van der Waals surface area contributed by atoms with Gasteiger partial charge in [-0.1, -0.05) is 98.6 Å². The van der Waals surface area contributed by atoms with Crippen LogP contribution >= 0.6 is 0 Å². The zero-order chi connectivity index (χ0) is 26.0. The first-order chi connectivity index (χ1) is 18.3. The van der Waals surface area contributed by atoms with Crippen molar-refractivity contribution in [2.45, 2.75) is 97.0 Å². The molecule has 0 aliphatic rings. The molecular weight excluding hydrogens is 448 g/mol. The molecule has 3 aromatic rings. The van der Waals surface area contributed by atoms with Crippen LogP contribution in [0.1, 0.15) is 91.7 Å². The first-order valence-corrected chi connectivity index (χ1v) is 14.7. The summed E-state index contributed by atoms with van der Waals surface area (Å²) in [6.07, 6.45) is 17.4. The van der Waals surface area contributed by atoms with Gasteiger partial charge in [0, 0.05) is 6.61 Å². The summed E-state index contributed by atoms with van der Waals surface area (Å²) < 4.78 is 5.92. The zero-order valence-electron chi connectivity index (χ0n) is 23.2. The molecule has 0 aromatic heterocycles. The SMILES string of the molecule is C=CCCc1ccc(CCCCc2ccc(CCCCc3ccccc3COCCCCC)cc2)cc1. The van der Waals surface area contributed by atoms with Crippen molar-refractivity contribution in [3.8, 4) is 0 Å². The normalized spacial score (nSPS) is 11.1. The van der Waals surface area contributed by atoms with Crippen LogP contribution in [0.2, 0.25) is 0 Å². The van der Waals surface area contributed by atoms with Crippen LogP contribution in [-0.4, -0.2) is 6.61 Å². The molecule has 198 valence electrons. The maximum atomic E-state index is 5.92. The molecule has 0 bridgehead atoms. The number of unbranched alkanes of at least 4 members (excludes halogenated alkanes) is 4. The Morgan fingerprint density at radius 3 is 1.57 bits per heavy atom. The van der Waals surface area contributed by atoms with Gasteiger partial charge in [-0.15, -0.1) is 6.58 Å². The van der Waals surface area contributed by atoms with Gasteiger partial charge >= 0.3 is 0 Å². The monoisotopic (exact) mass is 496 g/mol. The topological polar surface area (TPSA) is 9.23 Å². The zero-order valence-corrected chi connectivity index (χ0v) is 23.2. The van der Waals surface area contributed by atoms with Gasteiger partial charge in [-0.25, -0.2) is 0 Å². The van der Waals surface area contributed by atoms with Crippen molar-refractivity contribution in [3.05, 3.63) is 119 Å². The van der Waals surface area contributed by atoms with Crippen LogP contribution in [-0.2, 0) is 43.4 Å². The highest BCUT2D eigenvalue weighted by molar-refractivity contribution is 5.27. The summed E-state index contributed by atoms with van der Waals surface area (Å²) in [4.78, 5) is 0. The Hall–Kier alpha value is -2.64. The molecular formula is C36H48O. The van der Waals surface area contributed by atoms with E-state index in [0.717, 1.165) is 32.5 Å². The minimum Gasteiger partial charge on any atom is -0.377 e. The molecule has 0 heterocycles. The van der Waals surface area contributed by atoms with Crippen LogP contribution < -0.4 is 0 Å². The number of allylic oxidation sites excluding steroid dienone is 1. The van der Waals surface area contributed by atoms with E-state index >= 15 is 0 Å². The summed E-state index contributed by atoms with van der Waals surface area (Å²) in [6, 6.07) is 27.3. The second kappa shape index (κ2) is 17.8. The molecule has 0 atom stereocenters. The Balaban J connectivity index is 1.30. The standard InChI is InChI=1S/C36H48O/c1-3-5-13-29-37-30-36-20-12-11-19-35(36)18-10-9-17-34-27-25-33(26-28-34)16-8-7-15-32-23-21-31(22-24-32)14-6-4-2/h4,11-12,19-28H,2-3,5-10,13-18,29-30H2,1H3. The number of aryl methyl sites for hydroxylation is 5. The van der Waals surface area contributed by atoms with Crippen LogP contribution in [0.3, 0.4) is 0 Å². The Morgan fingerprint density at radius 1 is 0.568 bits per heavy atom. The summed E-state index contributed by atoms with van der Waals surface area (Å²) >= 11 is 0. The maximum absolute atomic E-state index is 5.92. The van der Waals surface area contributed by atoms with Gasteiger partial charge in [0.1, 0.15) is 0 Å². The van der Waals surface area contributed by atoms with Crippen molar-refractivity contribution in [3.63, 3.8) is 0 Å². The molecule has 37 heavy (non-hydrogen) atoms. The van der Waals surface area contributed by atoms with Gasteiger partial charge in [-0.05, 0) is 104 Å². The Bertz CT molecular complexity index is 1000. The van der Waals surface area contributed by atoms with Crippen LogP contribution in [0.15, 0.2) is 85.5 Å². The lowest BCUT2D eigenvalue weighted by Crippen LogP contribution is -2.00. The van der Waals surface area contributed by atoms with Crippen LogP contribution in [0, 0.1) is 0 Å². The molecule has 0 saturated heterocycles. The molecule has 0 N–H and O–H groups in total. The van der Waals surface area contributed by atoms with Crippen molar-refractivity contribution in [2.75, 3.05) is 6.61 Å². The molecule has 0 aliphatic heterocycles. The fourth-order valence-corrected chi connectivity index (χ4v) is 4.90. The first kappa shape index (κ1) is 28.9. The van der Waals surface area contributed by atoms with Gasteiger partial charge in [0.25, 0.3) is 0 Å². The average Bonchev–Trinajstić information content (AvgIpc) is 2.94. The van der Waals surface area contributed by atoms with E-state index in [0.29, 0.717) is 0 Å². The highest BCUT2D eigenvalue weighted by Gasteiger charge is 2.03. The molecule has 1 heteroatoms. The fourth-order valence-electron chi connectivity index (χ4n) is 4.90. The lowest BCUT2D eigenvalue weighted by atomic mass is 9.98. The minimum absolute atomic E-state index is 0.754. The Morgan fingerprint density at radius 2 is 1.05 bits per heavy atom. The molecule has 0 spiro atoms. The molecule has 3 rings (SSSR count). The number of hydrogen-bond acceptors (Lipinski definition) is 1. The van der Waals surface area contributed by atoms with Gasteiger partial charge in [0.15, 0.2) is 0 Å². The van der Waals surface area contributed by atoms with Crippen molar-refractivity contribution < 1.29 is 4.74 Å². The quantitative estimate of drug-likeness (QED) is 0.119. The molecule has 0 radical (unpaired) electrons. The largest absolute Gasteiger partial charge is 0.377 e. The van der Waals surface area contributed by atoms with E-state index in [2.05, 4.69) is 86.3 Å². The highest BCUT2D eigenvalue weighted by atomic mass is 16.5. The number of rotatable bonds is 19. The van der Waals surface area contributed by atoms with Gasteiger partial charge in [-0.2, -0.15) is 0 Å². The summed E-state index contributed by atoms with van der Waals surface area (Å²) in [7, 11) is 0. The van der Waals surface area contributed by atoms with E-state index in [1.807, 2.05) is 6.08 Å². The lowest BCUT2D eigenvalue weighted by molar-refractivity contribution is 0.116. The van der Waals surface area contributed by atoms with Crippen LogP contribution in [0.5, 0.6) is 0 Å². The van der Waals surface area contributed by atoms with Crippen LogP contribution in [0.4, 0.5) is 0 Å². The van der Waals surface area contributed by atoms with E-state index in [4.69, 9.17) is 4.74 Å². The molecule has 3 aromatic carbocycles. The molecule has 0 fully saturated rings. The smallest absolute Gasteiger partial charge is 0.0719 e. The number of benzene rings is 3. The third-order valence-corrected chi connectivity index (χ3v) is 7.29. The van der Waals surface area contributed by atoms with Crippen molar-refractivity contribution in [2.24, 2.45) is 0 Å². The van der Waals surface area contributed by atoms with Gasteiger partial charge in [0.2, 0.25) is 0 Å². The summed E-state index contributed by atoms with van der Waals surface area (Å²) in [6.45, 7) is 7.68. The second-order valence-corrected chi connectivity index (χ2v) is 10.4. The van der Waals surface area contributed by atoms with Crippen molar-refractivity contribution >= 4 is 0 Å². The van der Waals surface area contributed by atoms with E-state index < -0.39 is 0 Å². The second-order valence-electron chi connectivity index (χ2n) is 10.4. The third kappa shape index (κ3) is 11.5. The van der Waals surface area contributed by atoms with E-state index in [1.54, 1.807) is 0 Å². The summed E-state index contributed by atoms with van der Waals surface area (Å²) in [5, 5.41) is 0. The van der Waals surface area contributed by atoms with E-state index in [-0.39, 0.29) is 0 Å². The van der Waals surface area contributed by atoms with Crippen molar-refractivity contribution in [1.82, 2.24) is 0 Å². The average molecular weight is 497 g/mol. The van der Waals surface area contributed by atoms with Gasteiger partial charge < -0.3 is 4.74 Å². The van der Waals surface area contributed by atoms with Crippen molar-refractivity contribution in [1.29, 1.82) is 0 Å². The molecule has 1 nitrogen and oxygen atoms in total. The molecule has 0 amide bonds. The van der Waals surface area contributed by atoms with Gasteiger partial charge in [0.05, 0.1) is 6.61 Å². The maximum Gasteiger partial charge on any atom is 0.0719 e. The number of ether oxygens (including phenoxy) is 1. The summed E-state index contributed by atoms with van der Waals surface area (Å²) in [5.74, 6) is 0. The van der Waals surface area contributed by atoms with E-state index in [9.17, 15) is 0 Å². The number of hydrogen-bond donors (Lipinski definition) is 0. The van der Waals surface area contributed by atoms with Crippen LogP contribution in [0.25, 0.3) is 0 Å². The predicted octanol–water partition coefficient (Wildman–Crippen LogP) is 9.64. The first-order valence-electron chi connectivity index (χ1n) is 14.7. The Kier molecular flexibility index (Phi) is 13.9. The predicted molar refractivity (Wildman–Crippen MR) is 160 cm³/mol. The van der Waals surface area contributed by atoms with Gasteiger partial charge in [-0.3, -0.25) is 0 Å². The Labute approximate surface area is 227 Å². The molecule has 0 aliphatic carbocycles.